The Morgan fingerprint density at radius 1 is 1.30 bits per heavy atom. The van der Waals surface area contributed by atoms with Crippen LogP contribution in [0.25, 0.3) is 10.9 Å². The Morgan fingerprint density at radius 3 is 2.95 bits per heavy atom. The third kappa shape index (κ3) is 2.29. The van der Waals surface area contributed by atoms with Gasteiger partial charge in [0.25, 0.3) is 0 Å². The molecule has 0 saturated heterocycles. The van der Waals surface area contributed by atoms with Crippen LogP contribution in [0.5, 0.6) is 0 Å². The number of nitrogens with zero attached hydrogens (tertiary/aromatic N) is 1. The zero-order valence-corrected chi connectivity index (χ0v) is 11.2. The standard InChI is InChI=1S/C14H12ClN3O2/c15-10-1-3-12-9(7-10)5-6-18(12)8-11-2-4-13(20-11)14(19)17-16/h1-7H,8,16H2,(H,17,19). The number of hydrogen-bond donors (Lipinski definition) is 2. The molecule has 20 heavy (non-hydrogen) atoms. The number of rotatable bonds is 3. The van der Waals surface area contributed by atoms with Crippen molar-refractivity contribution in [3.63, 3.8) is 0 Å². The molecule has 5 nitrogen and oxygen atoms in total. The first-order chi connectivity index (χ1) is 9.67. The first kappa shape index (κ1) is 12.8. The Labute approximate surface area is 119 Å². The van der Waals surface area contributed by atoms with Crippen molar-refractivity contribution in [2.75, 3.05) is 0 Å². The molecular formula is C14H12ClN3O2. The second kappa shape index (κ2) is 5.03. The van der Waals surface area contributed by atoms with E-state index in [9.17, 15) is 4.79 Å². The third-order valence-corrected chi connectivity index (χ3v) is 3.31. The summed E-state index contributed by atoms with van der Waals surface area (Å²) < 4.78 is 7.47. The lowest BCUT2D eigenvalue weighted by molar-refractivity contribution is 0.0924. The minimum absolute atomic E-state index is 0.196. The topological polar surface area (TPSA) is 73.2 Å². The van der Waals surface area contributed by atoms with Gasteiger partial charge in [0.05, 0.1) is 6.54 Å². The molecule has 0 radical (unpaired) electrons. The summed E-state index contributed by atoms with van der Waals surface area (Å²) in [5, 5.41) is 1.76. The van der Waals surface area contributed by atoms with Crippen molar-refractivity contribution in [3.8, 4) is 0 Å². The molecule has 0 aliphatic rings. The Bertz CT molecular complexity index is 776. The van der Waals surface area contributed by atoms with Gasteiger partial charge in [-0.05, 0) is 36.4 Å². The SMILES string of the molecule is NNC(=O)c1ccc(Cn2ccc3cc(Cl)ccc32)o1. The Kier molecular flexibility index (Phi) is 3.22. The van der Waals surface area contributed by atoms with E-state index in [1.807, 2.05) is 40.5 Å². The van der Waals surface area contributed by atoms with Crippen LogP contribution in [0, 0.1) is 0 Å². The third-order valence-electron chi connectivity index (χ3n) is 3.08. The van der Waals surface area contributed by atoms with Gasteiger partial charge in [0.1, 0.15) is 5.76 Å². The predicted molar refractivity (Wildman–Crippen MR) is 76.4 cm³/mol. The fourth-order valence-corrected chi connectivity index (χ4v) is 2.31. The molecule has 0 unspecified atom stereocenters. The summed E-state index contributed by atoms with van der Waals surface area (Å²) in [5.41, 5.74) is 3.09. The highest BCUT2D eigenvalue weighted by molar-refractivity contribution is 6.31. The van der Waals surface area contributed by atoms with Crippen molar-refractivity contribution in [2.24, 2.45) is 5.84 Å². The van der Waals surface area contributed by atoms with Crippen molar-refractivity contribution in [2.45, 2.75) is 6.54 Å². The van der Waals surface area contributed by atoms with Crippen molar-refractivity contribution in [1.82, 2.24) is 9.99 Å². The van der Waals surface area contributed by atoms with Crippen LogP contribution in [-0.4, -0.2) is 10.5 Å². The summed E-state index contributed by atoms with van der Waals surface area (Å²) in [5.74, 6) is 5.49. The van der Waals surface area contributed by atoms with E-state index in [2.05, 4.69) is 0 Å². The minimum Gasteiger partial charge on any atom is -0.454 e. The maximum atomic E-state index is 11.3. The molecule has 102 valence electrons. The van der Waals surface area contributed by atoms with Gasteiger partial charge in [0.15, 0.2) is 5.76 Å². The Morgan fingerprint density at radius 2 is 2.15 bits per heavy atom. The molecule has 0 atom stereocenters. The highest BCUT2D eigenvalue weighted by Crippen LogP contribution is 2.21. The molecule has 3 N–H and O–H groups in total. The largest absolute Gasteiger partial charge is 0.454 e. The highest BCUT2D eigenvalue weighted by Gasteiger charge is 2.10. The molecule has 3 rings (SSSR count). The van der Waals surface area contributed by atoms with Crippen LogP contribution in [0.15, 0.2) is 47.0 Å². The maximum Gasteiger partial charge on any atom is 0.300 e. The molecule has 0 saturated carbocycles. The molecule has 2 aromatic heterocycles. The van der Waals surface area contributed by atoms with Crippen LogP contribution in [-0.2, 0) is 6.54 Å². The predicted octanol–water partition coefficient (Wildman–Crippen LogP) is 2.54. The lowest BCUT2D eigenvalue weighted by atomic mass is 10.2. The van der Waals surface area contributed by atoms with Crippen molar-refractivity contribution in [1.29, 1.82) is 0 Å². The second-order valence-electron chi connectivity index (χ2n) is 4.39. The van der Waals surface area contributed by atoms with Gasteiger partial charge in [0.2, 0.25) is 0 Å². The van der Waals surface area contributed by atoms with E-state index in [0.717, 1.165) is 10.9 Å². The van der Waals surface area contributed by atoms with Gasteiger partial charge >= 0.3 is 5.91 Å². The van der Waals surface area contributed by atoms with E-state index in [1.165, 1.54) is 0 Å². The van der Waals surface area contributed by atoms with E-state index in [-0.39, 0.29) is 5.76 Å². The second-order valence-corrected chi connectivity index (χ2v) is 4.82. The van der Waals surface area contributed by atoms with Crippen LogP contribution >= 0.6 is 11.6 Å². The maximum absolute atomic E-state index is 11.3. The van der Waals surface area contributed by atoms with Gasteiger partial charge in [-0.25, -0.2) is 5.84 Å². The molecule has 0 fully saturated rings. The van der Waals surface area contributed by atoms with Crippen LogP contribution < -0.4 is 11.3 Å². The number of halogens is 1. The first-order valence-electron chi connectivity index (χ1n) is 6.01. The van der Waals surface area contributed by atoms with Crippen molar-refractivity contribution < 1.29 is 9.21 Å². The smallest absolute Gasteiger partial charge is 0.300 e. The number of aromatic nitrogens is 1. The number of carbonyl (C=O) groups is 1. The lowest BCUT2D eigenvalue weighted by Crippen LogP contribution is -2.29. The molecule has 6 heteroatoms. The number of furan rings is 1. The summed E-state index contributed by atoms with van der Waals surface area (Å²) in [6, 6.07) is 11.0. The summed E-state index contributed by atoms with van der Waals surface area (Å²) in [6.07, 6.45) is 1.95. The van der Waals surface area contributed by atoms with Gasteiger partial charge in [-0.15, -0.1) is 0 Å². The summed E-state index contributed by atoms with van der Waals surface area (Å²) in [6.45, 7) is 0.531. The van der Waals surface area contributed by atoms with Crippen LogP contribution in [0.4, 0.5) is 0 Å². The van der Waals surface area contributed by atoms with E-state index in [1.54, 1.807) is 12.1 Å². The quantitative estimate of drug-likeness (QED) is 0.442. The molecule has 2 heterocycles. The lowest BCUT2D eigenvalue weighted by Gasteiger charge is -2.03. The summed E-state index contributed by atoms with van der Waals surface area (Å²) in [7, 11) is 0. The number of nitrogen functional groups attached to an aromatic ring is 1. The zero-order valence-electron chi connectivity index (χ0n) is 10.5. The van der Waals surface area contributed by atoms with Crippen LogP contribution in [0.2, 0.25) is 5.02 Å². The highest BCUT2D eigenvalue weighted by atomic mass is 35.5. The number of benzene rings is 1. The fraction of sp³-hybridized carbons (Fsp3) is 0.0714. The Hall–Kier alpha value is -2.24. The average Bonchev–Trinajstić information content (AvgIpc) is 3.06. The molecule has 3 aromatic rings. The number of nitrogens with one attached hydrogen (secondary N) is 1. The average molecular weight is 290 g/mol. The molecule has 0 aliphatic heterocycles. The number of hydrogen-bond acceptors (Lipinski definition) is 3. The van der Waals surface area contributed by atoms with E-state index in [0.29, 0.717) is 17.3 Å². The number of nitrogens with two attached hydrogens (primary N) is 1. The van der Waals surface area contributed by atoms with Crippen LogP contribution in [0.3, 0.4) is 0 Å². The number of fused-ring (bicyclic) bond motifs is 1. The summed E-state index contributed by atoms with van der Waals surface area (Å²) in [4.78, 5) is 11.3. The van der Waals surface area contributed by atoms with Gasteiger partial charge in [-0.2, -0.15) is 0 Å². The normalized spacial score (nSPS) is 10.9. The Balaban J connectivity index is 1.89. The van der Waals surface area contributed by atoms with Gasteiger partial charge in [-0.3, -0.25) is 10.2 Å². The molecule has 0 aliphatic carbocycles. The molecular weight excluding hydrogens is 278 g/mol. The van der Waals surface area contributed by atoms with Crippen molar-refractivity contribution >= 4 is 28.4 Å². The van der Waals surface area contributed by atoms with E-state index in [4.69, 9.17) is 21.9 Å². The van der Waals surface area contributed by atoms with Gasteiger partial charge < -0.3 is 8.98 Å². The number of amides is 1. The van der Waals surface area contributed by atoms with Gasteiger partial charge in [0, 0.05) is 22.1 Å². The minimum atomic E-state index is -0.444. The van der Waals surface area contributed by atoms with E-state index >= 15 is 0 Å². The van der Waals surface area contributed by atoms with Crippen LogP contribution in [0.1, 0.15) is 16.3 Å². The van der Waals surface area contributed by atoms with Gasteiger partial charge in [-0.1, -0.05) is 11.6 Å². The molecule has 1 aromatic carbocycles. The first-order valence-corrected chi connectivity index (χ1v) is 6.39. The monoisotopic (exact) mass is 289 g/mol. The molecule has 0 bridgehead atoms. The number of carbonyl (C=O) groups excluding carboxylic acids is 1. The fourth-order valence-electron chi connectivity index (χ4n) is 2.13. The zero-order chi connectivity index (χ0) is 14.1. The molecule has 0 spiro atoms. The van der Waals surface area contributed by atoms with Crippen molar-refractivity contribution in [3.05, 3.63) is 59.1 Å². The van der Waals surface area contributed by atoms with E-state index < -0.39 is 5.91 Å². The number of hydrazine groups is 1. The molecule has 1 amide bonds. The summed E-state index contributed by atoms with van der Waals surface area (Å²) >= 11 is 5.96.